The van der Waals surface area contributed by atoms with Crippen LogP contribution in [0.3, 0.4) is 0 Å². The molecule has 1 atom stereocenters. The first kappa shape index (κ1) is 23.2. The highest BCUT2D eigenvalue weighted by Crippen LogP contribution is 2.29. The summed E-state index contributed by atoms with van der Waals surface area (Å²) in [6, 6.07) is 11.4. The van der Waals surface area contributed by atoms with Gasteiger partial charge in [0.2, 0.25) is 10.0 Å². The predicted octanol–water partition coefficient (Wildman–Crippen LogP) is 2.26. The van der Waals surface area contributed by atoms with Crippen LogP contribution in [-0.4, -0.2) is 72.6 Å². The largest absolute Gasteiger partial charge is 0.442 e. The minimum atomic E-state index is -3.60. The number of hydrogen-bond donors (Lipinski definition) is 0. The molecule has 2 aliphatic rings. The summed E-state index contributed by atoms with van der Waals surface area (Å²) in [5.74, 6) is -0.482. The Kier molecular flexibility index (Phi) is 6.15. The molecule has 35 heavy (non-hydrogen) atoms. The Bertz CT molecular complexity index is 1310. The number of piperazine rings is 1. The highest BCUT2D eigenvalue weighted by atomic mass is 32.2. The second-order valence-corrected chi connectivity index (χ2v) is 10.5. The molecule has 0 bridgehead atoms. The number of ether oxygens (including phenoxy) is 1. The third-order valence-electron chi connectivity index (χ3n) is 6.22. The highest BCUT2D eigenvalue weighted by molar-refractivity contribution is 7.89. The standard InChI is InChI=1S/C23H25FN6O4S/c1-17-2-5-20(6-3-17)35(32,33)29-12-10-27(11-13-29)22-7-4-18(14-21(22)24)30-16-19(34-23(30)31)15-28-9-8-25-26-28/h2-9,14,19H,10-13,15-16H2,1H3/t19-/m0/s1. The summed E-state index contributed by atoms with van der Waals surface area (Å²) in [4.78, 5) is 15.8. The van der Waals surface area contributed by atoms with Gasteiger partial charge in [-0.05, 0) is 37.3 Å². The van der Waals surface area contributed by atoms with Gasteiger partial charge in [0.1, 0.15) is 11.9 Å². The molecule has 184 valence electrons. The minimum Gasteiger partial charge on any atom is -0.442 e. The summed E-state index contributed by atoms with van der Waals surface area (Å²) in [5.41, 5.74) is 1.76. The number of cyclic esters (lactones) is 1. The fourth-order valence-corrected chi connectivity index (χ4v) is 5.74. The molecular formula is C23H25FN6O4S. The normalized spacial score (nSPS) is 19.3. The molecule has 1 amide bonds. The van der Waals surface area contributed by atoms with Crippen molar-refractivity contribution in [3.05, 3.63) is 66.2 Å². The number of hydrogen-bond acceptors (Lipinski definition) is 7. The molecule has 2 fully saturated rings. The van der Waals surface area contributed by atoms with E-state index in [9.17, 15) is 13.2 Å². The molecule has 0 N–H and O–H groups in total. The summed E-state index contributed by atoms with van der Waals surface area (Å²) >= 11 is 0. The van der Waals surface area contributed by atoms with E-state index in [1.54, 1.807) is 53.5 Å². The van der Waals surface area contributed by atoms with Crippen molar-refractivity contribution >= 4 is 27.5 Å². The molecule has 12 heteroatoms. The number of halogens is 1. The lowest BCUT2D eigenvalue weighted by Gasteiger charge is -2.35. The Balaban J connectivity index is 1.23. The molecule has 10 nitrogen and oxygen atoms in total. The van der Waals surface area contributed by atoms with E-state index in [0.29, 0.717) is 31.0 Å². The number of nitrogens with zero attached hydrogens (tertiary/aromatic N) is 6. The Morgan fingerprint density at radius 1 is 1.09 bits per heavy atom. The van der Waals surface area contributed by atoms with Crippen molar-refractivity contribution in [1.29, 1.82) is 0 Å². The van der Waals surface area contributed by atoms with E-state index in [1.807, 2.05) is 11.8 Å². The number of aryl methyl sites for hydroxylation is 1. The van der Waals surface area contributed by atoms with Crippen molar-refractivity contribution < 1.29 is 22.3 Å². The van der Waals surface area contributed by atoms with Crippen LogP contribution in [0.2, 0.25) is 0 Å². The van der Waals surface area contributed by atoms with Crippen LogP contribution in [0.4, 0.5) is 20.6 Å². The first-order valence-electron chi connectivity index (χ1n) is 11.2. The maximum absolute atomic E-state index is 15.1. The van der Waals surface area contributed by atoms with Gasteiger partial charge in [-0.1, -0.05) is 22.9 Å². The van der Waals surface area contributed by atoms with Gasteiger partial charge in [0, 0.05) is 32.4 Å². The molecule has 2 saturated heterocycles. The van der Waals surface area contributed by atoms with Gasteiger partial charge in [0.15, 0.2) is 0 Å². The first-order chi connectivity index (χ1) is 16.8. The molecule has 3 heterocycles. The average Bonchev–Trinajstić information content (AvgIpc) is 3.49. The van der Waals surface area contributed by atoms with Gasteiger partial charge in [-0.3, -0.25) is 4.90 Å². The summed E-state index contributed by atoms with van der Waals surface area (Å²) in [6.45, 7) is 3.74. The lowest BCUT2D eigenvalue weighted by atomic mass is 10.2. The molecule has 2 aromatic carbocycles. The van der Waals surface area contributed by atoms with Crippen LogP contribution in [0.15, 0.2) is 59.8 Å². The molecule has 0 saturated carbocycles. The molecule has 3 aromatic rings. The molecular weight excluding hydrogens is 475 g/mol. The number of carbonyl (C=O) groups excluding carboxylic acids is 1. The minimum absolute atomic E-state index is 0.250. The average molecular weight is 501 g/mol. The van der Waals surface area contributed by atoms with Crippen molar-refractivity contribution in [2.45, 2.75) is 24.5 Å². The second-order valence-electron chi connectivity index (χ2n) is 8.58. The van der Waals surface area contributed by atoms with Crippen LogP contribution in [-0.2, 0) is 21.3 Å². The van der Waals surface area contributed by atoms with E-state index in [-0.39, 0.29) is 24.5 Å². The van der Waals surface area contributed by atoms with Crippen LogP contribution in [0, 0.1) is 12.7 Å². The molecule has 0 radical (unpaired) electrons. The van der Waals surface area contributed by atoms with Crippen LogP contribution in [0.25, 0.3) is 0 Å². The Morgan fingerprint density at radius 3 is 2.49 bits per heavy atom. The summed E-state index contributed by atoms with van der Waals surface area (Å²) < 4.78 is 49.3. The SMILES string of the molecule is Cc1ccc(S(=O)(=O)N2CCN(c3ccc(N4C[C@H](Cn5ccnn5)OC4=O)cc3F)CC2)cc1. The Labute approximate surface area is 202 Å². The van der Waals surface area contributed by atoms with Gasteiger partial charge < -0.3 is 9.64 Å². The second kappa shape index (κ2) is 9.27. The zero-order valence-corrected chi connectivity index (χ0v) is 19.9. The van der Waals surface area contributed by atoms with E-state index in [2.05, 4.69) is 10.3 Å². The fraction of sp³-hybridized carbons (Fsp3) is 0.348. The number of carbonyl (C=O) groups is 1. The topological polar surface area (TPSA) is 101 Å². The molecule has 0 aliphatic carbocycles. The van der Waals surface area contributed by atoms with Crippen LogP contribution >= 0.6 is 0 Å². The van der Waals surface area contributed by atoms with Crippen LogP contribution in [0.1, 0.15) is 5.56 Å². The van der Waals surface area contributed by atoms with E-state index in [0.717, 1.165) is 5.56 Å². The number of anilines is 2. The van der Waals surface area contributed by atoms with Crippen molar-refractivity contribution in [1.82, 2.24) is 19.3 Å². The zero-order valence-electron chi connectivity index (χ0n) is 19.1. The summed E-state index contributed by atoms with van der Waals surface area (Å²) in [7, 11) is -3.60. The maximum atomic E-state index is 15.1. The highest BCUT2D eigenvalue weighted by Gasteiger charge is 2.34. The maximum Gasteiger partial charge on any atom is 0.414 e. The quantitative estimate of drug-likeness (QED) is 0.512. The summed E-state index contributed by atoms with van der Waals surface area (Å²) in [6.07, 6.45) is 2.25. The number of benzene rings is 2. The molecule has 1 aromatic heterocycles. The van der Waals surface area contributed by atoms with Gasteiger partial charge in [-0.2, -0.15) is 4.31 Å². The monoisotopic (exact) mass is 500 g/mol. The molecule has 5 rings (SSSR count). The smallest absolute Gasteiger partial charge is 0.414 e. The van der Waals surface area contributed by atoms with Crippen LogP contribution in [0.5, 0.6) is 0 Å². The van der Waals surface area contributed by atoms with Crippen molar-refractivity contribution in [2.24, 2.45) is 0 Å². The number of sulfonamides is 1. The number of rotatable bonds is 6. The third-order valence-corrected chi connectivity index (χ3v) is 8.13. The lowest BCUT2D eigenvalue weighted by molar-refractivity contribution is 0.129. The van der Waals surface area contributed by atoms with Crippen molar-refractivity contribution in [3.8, 4) is 0 Å². The lowest BCUT2D eigenvalue weighted by Crippen LogP contribution is -2.48. The predicted molar refractivity (Wildman–Crippen MR) is 126 cm³/mol. The van der Waals surface area contributed by atoms with Gasteiger partial charge in [-0.25, -0.2) is 22.3 Å². The van der Waals surface area contributed by atoms with Gasteiger partial charge >= 0.3 is 6.09 Å². The van der Waals surface area contributed by atoms with E-state index >= 15 is 4.39 Å². The Morgan fingerprint density at radius 2 is 1.83 bits per heavy atom. The molecule has 2 aliphatic heterocycles. The molecule has 0 spiro atoms. The van der Waals surface area contributed by atoms with E-state index in [4.69, 9.17) is 4.74 Å². The van der Waals surface area contributed by atoms with Gasteiger partial charge in [-0.15, -0.1) is 5.10 Å². The van der Waals surface area contributed by atoms with E-state index in [1.165, 1.54) is 15.3 Å². The fourth-order valence-electron chi connectivity index (χ4n) is 4.32. The van der Waals surface area contributed by atoms with Crippen molar-refractivity contribution in [3.63, 3.8) is 0 Å². The van der Waals surface area contributed by atoms with Crippen molar-refractivity contribution in [2.75, 3.05) is 42.5 Å². The zero-order chi connectivity index (χ0) is 24.6. The van der Waals surface area contributed by atoms with E-state index < -0.39 is 28.0 Å². The Hall–Kier alpha value is -3.51. The summed E-state index contributed by atoms with van der Waals surface area (Å²) in [5, 5.41) is 7.60. The molecule has 0 unspecified atom stereocenters. The van der Waals surface area contributed by atoms with Gasteiger partial charge in [0.25, 0.3) is 0 Å². The first-order valence-corrected chi connectivity index (χ1v) is 12.7. The van der Waals surface area contributed by atoms with Crippen LogP contribution < -0.4 is 9.80 Å². The third kappa shape index (κ3) is 4.71. The number of aromatic nitrogens is 3. The van der Waals surface area contributed by atoms with Gasteiger partial charge in [0.05, 0.1) is 35.6 Å². The number of amides is 1.